The molecule has 2 amide bonds. The predicted octanol–water partition coefficient (Wildman–Crippen LogP) is 2.49. The lowest BCUT2D eigenvalue weighted by molar-refractivity contribution is -0.144. The largest absolute Gasteiger partial charge is 0.487 e. The molecule has 0 spiro atoms. The summed E-state index contributed by atoms with van der Waals surface area (Å²) in [5.74, 6) is 0.820. The first kappa shape index (κ1) is 17.8. The third-order valence-corrected chi connectivity index (χ3v) is 5.05. The third kappa shape index (κ3) is 3.80. The molecule has 2 fully saturated rings. The van der Waals surface area contributed by atoms with E-state index in [1.807, 2.05) is 42.7 Å². The number of likely N-dealkylation sites (tertiary alicyclic amines) is 2. The quantitative estimate of drug-likeness (QED) is 0.843. The average Bonchev–Trinajstić information content (AvgIpc) is 2.92. The summed E-state index contributed by atoms with van der Waals surface area (Å²) in [6, 6.07) is 8.10. The number of amides is 2. The summed E-state index contributed by atoms with van der Waals surface area (Å²) in [5, 5.41) is 0. The van der Waals surface area contributed by atoms with Crippen molar-refractivity contribution in [3.05, 3.63) is 29.8 Å². The number of benzene rings is 1. The van der Waals surface area contributed by atoms with Crippen molar-refractivity contribution in [3.8, 4) is 5.75 Å². The molecular weight excluding hydrogens is 316 g/mol. The van der Waals surface area contributed by atoms with Crippen molar-refractivity contribution >= 4 is 11.8 Å². The molecule has 0 bridgehead atoms. The van der Waals surface area contributed by atoms with Crippen LogP contribution in [0.25, 0.3) is 0 Å². The number of nitrogens with zero attached hydrogens (tertiary/aromatic N) is 2. The number of carbonyl (C=O) groups is 2. The first-order valence-electron chi connectivity index (χ1n) is 9.12. The smallest absolute Gasteiger partial charge is 0.228 e. The van der Waals surface area contributed by atoms with Crippen LogP contribution in [0.4, 0.5) is 0 Å². The topological polar surface area (TPSA) is 49.9 Å². The van der Waals surface area contributed by atoms with Crippen LogP contribution < -0.4 is 4.74 Å². The molecule has 0 aliphatic carbocycles. The standard InChI is InChI=1S/C20H28N2O3/c1-5-14-7-6-8-16(9-14)25-17-12-21(13-17)19(24)15-10-18(23)22(11-15)20(2,3)4/h6-9,15,17H,5,10-13H2,1-4H3/t15-/m1/s1. The summed E-state index contributed by atoms with van der Waals surface area (Å²) in [6.45, 7) is 9.89. The fourth-order valence-corrected chi connectivity index (χ4v) is 3.50. The molecule has 0 N–H and O–H groups in total. The van der Waals surface area contributed by atoms with Gasteiger partial charge in [-0.1, -0.05) is 19.1 Å². The highest BCUT2D eigenvalue weighted by atomic mass is 16.5. The minimum absolute atomic E-state index is 0.0480. The van der Waals surface area contributed by atoms with Crippen LogP contribution >= 0.6 is 0 Å². The molecule has 0 saturated carbocycles. The van der Waals surface area contributed by atoms with Gasteiger partial charge in [-0.3, -0.25) is 9.59 Å². The van der Waals surface area contributed by atoms with E-state index in [9.17, 15) is 9.59 Å². The van der Waals surface area contributed by atoms with Crippen LogP contribution in [0.3, 0.4) is 0 Å². The predicted molar refractivity (Wildman–Crippen MR) is 96.4 cm³/mol. The molecule has 136 valence electrons. The number of aryl methyl sites for hydroxylation is 1. The lowest BCUT2D eigenvalue weighted by Crippen LogP contribution is -2.58. The highest BCUT2D eigenvalue weighted by Crippen LogP contribution is 2.29. The molecule has 2 aliphatic rings. The molecule has 0 unspecified atom stereocenters. The highest BCUT2D eigenvalue weighted by Gasteiger charge is 2.43. The van der Waals surface area contributed by atoms with Crippen molar-refractivity contribution in [2.75, 3.05) is 19.6 Å². The molecule has 25 heavy (non-hydrogen) atoms. The molecule has 2 heterocycles. The van der Waals surface area contributed by atoms with Crippen molar-refractivity contribution in [3.63, 3.8) is 0 Å². The Bertz CT molecular complexity index is 659. The third-order valence-electron chi connectivity index (χ3n) is 5.05. The lowest BCUT2D eigenvalue weighted by Gasteiger charge is -2.40. The minimum atomic E-state index is -0.225. The normalized spacial score (nSPS) is 21.4. The second-order valence-corrected chi connectivity index (χ2v) is 8.06. The van der Waals surface area contributed by atoms with Crippen LogP contribution in [0.15, 0.2) is 24.3 Å². The maximum Gasteiger partial charge on any atom is 0.228 e. The zero-order chi connectivity index (χ0) is 18.2. The second-order valence-electron chi connectivity index (χ2n) is 8.06. The van der Waals surface area contributed by atoms with E-state index >= 15 is 0 Å². The van der Waals surface area contributed by atoms with Crippen molar-refractivity contribution in [2.24, 2.45) is 5.92 Å². The molecule has 1 aromatic rings. The zero-order valence-corrected chi connectivity index (χ0v) is 15.6. The molecule has 2 aliphatic heterocycles. The molecule has 0 radical (unpaired) electrons. The minimum Gasteiger partial charge on any atom is -0.487 e. The summed E-state index contributed by atoms with van der Waals surface area (Å²) < 4.78 is 5.96. The van der Waals surface area contributed by atoms with Gasteiger partial charge in [-0.05, 0) is 44.9 Å². The van der Waals surface area contributed by atoms with Gasteiger partial charge in [0, 0.05) is 18.5 Å². The van der Waals surface area contributed by atoms with Gasteiger partial charge in [0.1, 0.15) is 11.9 Å². The van der Waals surface area contributed by atoms with E-state index < -0.39 is 0 Å². The fraction of sp³-hybridized carbons (Fsp3) is 0.600. The first-order chi connectivity index (χ1) is 11.8. The van der Waals surface area contributed by atoms with Crippen molar-refractivity contribution in [1.82, 2.24) is 9.80 Å². The maximum absolute atomic E-state index is 12.6. The van der Waals surface area contributed by atoms with E-state index in [2.05, 4.69) is 19.1 Å². The van der Waals surface area contributed by atoms with Crippen LogP contribution in [0, 0.1) is 5.92 Å². The van der Waals surface area contributed by atoms with Crippen molar-refractivity contribution < 1.29 is 14.3 Å². The maximum atomic E-state index is 12.6. The number of ether oxygens (including phenoxy) is 1. The summed E-state index contributed by atoms with van der Waals surface area (Å²) >= 11 is 0. The Morgan fingerprint density at radius 1 is 1.24 bits per heavy atom. The Hall–Kier alpha value is -2.04. The van der Waals surface area contributed by atoms with Gasteiger partial charge in [0.15, 0.2) is 0 Å². The Labute approximate surface area is 149 Å². The second kappa shape index (κ2) is 6.70. The first-order valence-corrected chi connectivity index (χ1v) is 9.12. The van der Waals surface area contributed by atoms with Gasteiger partial charge in [0.2, 0.25) is 11.8 Å². The molecule has 2 saturated heterocycles. The highest BCUT2D eigenvalue weighted by molar-refractivity contribution is 5.90. The van der Waals surface area contributed by atoms with Gasteiger partial charge < -0.3 is 14.5 Å². The summed E-state index contributed by atoms with van der Waals surface area (Å²) in [5.41, 5.74) is 1.02. The lowest BCUT2D eigenvalue weighted by atomic mass is 10.0. The molecule has 1 atom stereocenters. The average molecular weight is 344 g/mol. The van der Waals surface area contributed by atoms with E-state index in [0.29, 0.717) is 26.1 Å². The number of hydrogen-bond acceptors (Lipinski definition) is 3. The van der Waals surface area contributed by atoms with Gasteiger partial charge in [-0.15, -0.1) is 0 Å². The Kier molecular flexibility index (Phi) is 4.76. The van der Waals surface area contributed by atoms with Crippen molar-refractivity contribution in [2.45, 2.75) is 52.2 Å². The summed E-state index contributed by atoms with van der Waals surface area (Å²) in [4.78, 5) is 28.4. The molecule has 3 rings (SSSR count). The van der Waals surface area contributed by atoms with Crippen LogP contribution in [0.2, 0.25) is 0 Å². The molecule has 0 aromatic heterocycles. The van der Waals surface area contributed by atoms with Gasteiger partial charge in [-0.25, -0.2) is 0 Å². The number of rotatable bonds is 4. The number of hydrogen-bond donors (Lipinski definition) is 0. The molecular formula is C20H28N2O3. The summed E-state index contributed by atoms with van der Waals surface area (Å²) in [6.07, 6.45) is 1.36. The van der Waals surface area contributed by atoms with E-state index in [-0.39, 0.29) is 29.4 Å². The SMILES string of the molecule is CCc1cccc(OC2CN(C(=O)[C@@H]3CC(=O)N(C(C)(C)C)C3)C2)c1. The van der Waals surface area contributed by atoms with Gasteiger partial charge in [0.05, 0.1) is 19.0 Å². The van der Waals surface area contributed by atoms with Crippen LogP contribution in [-0.4, -0.2) is 52.9 Å². The van der Waals surface area contributed by atoms with E-state index in [1.165, 1.54) is 5.56 Å². The van der Waals surface area contributed by atoms with Gasteiger partial charge in [-0.2, -0.15) is 0 Å². The van der Waals surface area contributed by atoms with Crippen LogP contribution in [0.5, 0.6) is 5.75 Å². The zero-order valence-electron chi connectivity index (χ0n) is 15.6. The monoisotopic (exact) mass is 344 g/mol. The van der Waals surface area contributed by atoms with E-state index in [1.54, 1.807) is 0 Å². The molecule has 1 aromatic carbocycles. The number of carbonyl (C=O) groups excluding carboxylic acids is 2. The molecule has 5 heteroatoms. The fourth-order valence-electron chi connectivity index (χ4n) is 3.50. The van der Waals surface area contributed by atoms with Crippen LogP contribution in [0.1, 0.15) is 39.7 Å². The van der Waals surface area contributed by atoms with E-state index in [0.717, 1.165) is 12.2 Å². The Morgan fingerprint density at radius 3 is 2.56 bits per heavy atom. The van der Waals surface area contributed by atoms with E-state index in [4.69, 9.17) is 4.74 Å². The van der Waals surface area contributed by atoms with Gasteiger partial charge in [0.25, 0.3) is 0 Å². The Balaban J connectivity index is 1.51. The van der Waals surface area contributed by atoms with Crippen LogP contribution in [-0.2, 0) is 16.0 Å². The molecule has 5 nitrogen and oxygen atoms in total. The van der Waals surface area contributed by atoms with Crippen molar-refractivity contribution in [1.29, 1.82) is 0 Å². The Morgan fingerprint density at radius 2 is 1.96 bits per heavy atom. The summed E-state index contributed by atoms with van der Waals surface area (Å²) in [7, 11) is 0. The van der Waals surface area contributed by atoms with Gasteiger partial charge >= 0.3 is 0 Å².